The highest BCUT2D eigenvalue weighted by Crippen LogP contribution is 2.10. The van der Waals surface area contributed by atoms with Gasteiger partial charge in [-0.1, -0.05) is 0 Å². The van der Waals surface area contributed by atoms with Gasteiger partial charge < -0.3 is 15.0 Å². The average Bonchev–Trinajstić information content (AvgIpc) is 2.99. The second-order valence-corrected chi connectivity index (χ2v) is 5.15. The fourth-order valence-electron chi connectivity index (χ4n) is 2.10. The third kappa shape index (κ3) is 3.66. The standard InChI is InChI=1S/C12H16ClN7O/c1-19-5-6-21-9(8-19)7-14-11-16-10(13)17-12(18-11)20-4-2-3-15-20/h2-4,9H,5-8H2,1H3,(H,14,16,17,18). The number of nitrogens with one attached hydrogen (secondary N) is 1. The van der Waals surface area contributed by atoms with Crippen molar-refractivity contribution in [2.75, 3.05) is 38.6 Å². The van der Waals surface area contributed by atoms with Gasteiger partial charge in [-0.2, -0.15) is 20.1 Å². The van der Waals surface area contributed by atoms with Crippen molar-refractivity contribution >= 4 is 17.5 Å². The van der Waals surface area contributed by atoms with Crippen LogP contribution >= 0.6 is 11.6 Å². The maximum Gasteiger partial charge on any atom is 0.256 e. The van der Waals surface area contributed by atoms with Crippen LogP contribution in [-0.2, 0) is 4.74 Å². The quantitative estimate of drug-likeness (QED) is 0.878. The Morgan fingerprint density at radius 2 is 2.33 bits per heavy atom. The van der Waals surface area contributed by atoms with E-state index < -0.39 is 0 Å². The third-order valence-electron chi connectivity index (χ3n) is 3.14. The number of halogens is 1. The first kappa shape index (κ1) is 14.2. The molecule has 2 aromatic rings. The van der Waals surface area contributed by atoms with Crippen molar-refractivity contribution in [3.05, 3.63) is 23.7 Å². The number of hydrogen-bond acceptors (Lipinski definition) is 7. The van der Waals surface area contributed by atoms with Crippen molar-refractivity contribution in [2.24, 2.45) is 0 Å². The molecule has 1 aliphatic rings. The molecule has 0 aromatic carbocycles. The molecule has 0 amide bonds. The Morgan fingerprint density at radius 3 is 3.10 bits per heavy atom. The minimum absolute atomic E-state index is 0.104. The lowest BCUT2D eigenvalue weighted by molar-refractivity contribution is -0.0118. The van der Waals surface area contributed by atoms with Crippen molar-refractivity contribution in [3.63, 3.8) is 0 Å². The van der Waals surface area contributed by atoms with Crippen LogP contribution in [0.25, 0.3) is 5.95 Å². The van der Waals surface area contributed by atoms with Crippen LogP contribution in [0.5, 0.6) is 0 Å². The maximum absolute atomic E-state index is 5.93. The fourth-order valence-corrected chi connectivity index (χ4v) is 2.26. The average molecular weight is 310 g/mol. The lowest BCUT2D eigenvalue weighted by Gasteiger charge is -2.30. The van der Waals surface area contributed by atoms with Gasteiger partial charge in [-0.15, -0.1) is 0 Å². The highest BCUT2D eigenvalue weighted by Gasteiger charge is 2.18. The second kappa shape index (κ2) is 6.33. The first-order valence-corrected chi connectivity index (χ1v) is 7.04. The number of ether oxygens (including phenoxy) is 1. The molecule has 8 nitrogen and oxygen atoms in total. The third-order valence-corrected chi connectivity index (χ3v) is 3.30. The Labute approximate surface area is 127 Å². The topological polar surface area (TPSA) is 81.0 Å². The van der Waals surface area contributed by atoms with E-state index in [1.807, 2.05) is 0 Å². The largest absolute Gasteiger partial charge is 0.374 e. The van der Waals surface area contributed by atoms with E-state index in [0.29, 0.717) is 18.4 Å². The van der Waals surface area contributed by atoms with E-state index in [1.165, 1.54) is 4.68 Å². The number of aromatic nitrogens is 5. The molecule has 1 fully saturated rings. The number of morpholine rings is 1. The lowest BCUT2D eigenvalue weighted by atomic mass is 10.3. The first-order chi connectivity index (χ1) is 10.2. The van der Waals surface area contributed by atoms with Gasteiger partial charge in [0, 0.05) is 32.0 Å². The molecule has 0 radical (unpaired) electrons. The predicted octanol–water partition coefficient (Wildman–Crippen LogP) is 0.453. The van der Waals surface area contributed by atoms with Gasteiger partial charge in [0.2, 0.25) is 11.2 Å². The Bertz CT molecular complexity index is 591. The zero-order valence-corrected chi connectivity index (χ0v) is 12.4. The molecule has 21 heavy (non-hydrogen) atoms. The maximum atomic E-state index is 5.93. The van der Waals surface area contributed by atoms with E-state index >= 15 is 0 Å². The molecule has 0 bridgehead atoms. The highest BCUT2D eigenvalue weighted by atomic mass is 35.5. The number of anilines is 1. The minimum Gasteiger partial charge on any atom is -0.374 e. The Hall–Kier alpha value is -1.77. The van der Waals surface area contributed by atoms with Gasteiger partial charge in [-0.3, -0.25) is 0 Å². The molecular formula is C12H16ClN7O. The fraction of sp³-hybridized carbons (Fsp3) is 0.500. The van der Waals surface area contributed by atoms with Crippen molar-refractivity contribution in [1.82, 2.24) is 29.6 Å². The van der Waals surface area contributed by atoms with Gasteiger partial charge in [0.1, 0.15) is 0 Å². The van der Waals surface area contributed by atoms with Gasteiger partial charge in [0.05, 0.1) is 12.7 Å². The summed E-state index contributed by atoms with van der Waals surface area (Å²) in [5.74, 6) is 0.793. The Morgan fingerprint density at radius 1 is 1.43 bits per heavy atom. The summed E-state index contributed by atoms with van der Waals surface area (Å²) >= 11 is 5.93. The summed E-state index contributed by atoms with van der Waals surface area (Å²) in [6.07, 6.45) is 3.50. The van der Waals surface area contributed by atoms with Crippen LogP contribution in [0.2, 0.25) is 5.28 Å². The van der Waals surface area contributed by atoms with E-state index in [9.17, 15) is 0 Å². The molecular weight excluding hydrogens is 294 g/mol. The van der Waals surface area contributed by atoms with Crippen LogP contribution in [0.3, 0.4) is 0 Å². The van der Waals surface area contributed by atoms with Gasteiger partial charge in [0.25, 0.3) is 5.95 Å². The summed E-state index contributed by atoms with van der Waals surface area (Å²) in [5, 5.41) is 7.34. The van der Waals surface area contributed by atoms with Gasteiger partial charge in [-0.05, 0) is 24.7 Å². The highest BCUT2D eigenvalue weighted by molar-refractivity contribution is 6.28. The van der Waals surface area contributed by atoms with Crippen molar-refractivity contribution in [2.45, 2.75) is 6.10 Å². The van der Waals surface area contributed by atoms with E-state index in [2.05, 4.69) is 37.3 Å². The molecule has 3 heterocycles. The smallest absolute Gasteiger partial charge is 0.256 e. The van der Waals surface area contributed by atoms with Crippen molar-refractivity contribution in [3.8, 4) is 5.95 Å². The van der Waals surface area contributed by atoms with Gasteiger partial charge in [-0.25, -0.2) is 4.68 Å². The molecule has 0 aliphatic carbocycles. The van der Waals surface area contributed by atoms with Gasteiger partial charge in [0.15, 0.2) is 0 Å². The monoisotopic (exact) mass is 309 g/mol. The summed E-state index contributed by atoms with van der Waals surface area (Å²) < 4.78 is 7.21. The van der Waals surface area contributed by atoms with Crippen LogP contribution in [0.4, 0.5) is 5.95 Å². The van der Waals surface area contributed by atoms with E-state index in [1.54, 1.807) is 18.5 Å². The molecule has 1 aliphatic heterocycles. The molecule has 3 rings (SSSR count). The SMILES string of the molecule is CN1CCOC(CNc2nc(Cl)nc(-n3cccn3)n2)C1. The summed E-state index contributed by atoms with van der Waals surface area (Å²) in [6.45, 7) is 3.18. The van der Waals surface area contributed by atoms with Crippen molar-refractivity contribution in [1.29, 1.82) is 0 Å². The molecule has 0 saturated carbocycles. The molecule has 1 saturated heterocycles. The van der Waals surface area contributed by atoms with Crippen molar-refractivity contribution < 1.29 is 4.74 Å². The number of nitrogens with zero attached hydrogens (tertiary/aromatic N) is 6. The molecule has 1 unspecified atom stereocenters. The number of hydrogen-bond donors (Lipinski definition) is 1. The Balaban J connectivity index is 1.68. The minimum atomic E-state index is 0.104. The zero-order chi connectivity index (χ0) is 14.7. The second-order valence-electron chi connectivity index (χ2n) is 4.81. The van der Waals surface area contributed by atoms with Gasteiger partial charge >= 0.3 is 0 Å². The molecule has 112 valence electrons. The summed E-state index contributed by atoms with van der Waals surface area (Å²) in [4.78, 5) is 14.6. The van der Waals surface area contributed by atoms with E-state index in [0.717, 1.165) is 19.7 Å². The van der Waals surface area contributed by atoms with E-state index in [-0.39, 0.29) is 11.4 Å². The van der Waals surface area contributed by atoms with Crippen LogP contribution < -0.4 is 5.32 Å². The van der Waals surface area contributed by atoms with Crippen LogP contribution in [0, 0.1) is 0 Å². The summed E-state index contributed by atoms with van der Waals surface area (Å²) in [6, 6.07) is 1.79. The molecule has 0 spiro atoms. The molecule has 9 heteroatoms. The summed E-state index contributed by atoms with van der Waals surface area (Å²) in [5.41, 5.74) is 0. The normalized spacial score (nSPS) is 19.6. The summed E-state index contributed by atoms with van der Waals surface area (Å²) in [7, 11) is 2.07. The molecule has 1 atom stereocenters. The van der Waals surface area contributed by atoms with Crippen LogP contribution in [0.15, 0.2) is 18.5 Å². The lowest BCUT2D eigenvalue weighted by Crippen LogP contribution is -2.43. The first-order valence-electron chi connectivity index (χ1n) is 6.66. The zero-order valence-electron chi connectivity index (χ0n) is 11.6. The van der Waals surface area contributed by atoms with E-state index in [4.69, 9.17) is 16.3 Å². The molecule has 1 N–H and O–H groups in total. The molecule has 2 aromatic heterocycles. The van der Waals surface area contributed by atoms with Crippen LogP contribution in [0.1, 0.15) is 0 Å². The number of rotatable bonds is 4. The predicted molar refractivity (Wildman–Crippen MR) is 77.7 cm³/mol. The Kier molecular flexibility index (Phi) is 4.28. The van der Waals surface area contributed by atoms with Crippen LogP contribution in [-0.4, -0.2) is 69.0 Å². The number of likely N-dealkylation sites (N-methyl/N-ethyl adjacent to an activating group) is 1.